The van der Waals surface area contributed by atoms with Crippen molar-refractivity contribution in [3.8, 4) is 11.5 Å². The van der Waals surface area contributed by atoms with Crippen LogP contribution < -0.4 is 78.4 Å². The van der Waals surface area contributed by atoms with Crippen molar-refractivity contribution in [2.75, 3.05) is 24.5 Å². The highest BCUT2D eigenvalue weighted by Crippen LogP contribution is 2.62. The van der Waals surface area contributed by atoms with Gasteiger partial charge in [0.15, 0.2) is 11.5 Å². The molecular formula is C118H144B3N5O. The van der Waals surface area contributed by atoms with Gasteiger partial charge >= 0.3 is 0 Å². The molecule has 0 saturated heterocycles. The van der Waals surface area contributed by atoms with Gasteiger partial charge < -0.3 is 29.2 Å². The first kappa shape index (κ1) is 88.1. The Morgan fingerprint density at radius 3 is 0.661 bits per heavy atom. The van der Waals surface area contributed by atoms with Crippen LogP contribution in [0.1, 0.15) is 342 Å². The van der Waals surface area contributed by atoms with Crippen LogP contribution in [0.4, 0.5) is 85.3 Å². The van der Waals surface area contributed by atoms with Gasteiger partial charge in [0.2, 0.25) is 0 Å². The van der Waals surface area contributed by atoms with Crippen LogP contribution in [0.3, 0.4) is 0 Å². The summed E-state index contributed by atoms with van der Waals surface area (Å²) in [5.74, 6) is 1.93. The van der Waals surface area contributed by atoms with Crippen molar-refractivity contribution in [2.24, 2.45) is 0 Å². The second kappa shape index (κ2) is 27.5. The van der Waals surface area contributed by atoms with Gasteiger partial charge in [-0.05, 0) is 266 Å². The largest absolute Gasteiger partial charge is 0.452 e. The molecule has 0 aliphatic carbocycles. The minimum absolute atomic E-state index is 0.147. The minimum atomic E-state index is -0.316. The number of nitrogens with zero attached hydrogens (tertiary/aromatic N) is 5. The molecule has 127 heavy (non-hydrogen) atoms. The number of rotatable bonds is 4. The van der Waals surface area contributed by atoms with Crippen LogP contribution in [-0.2, 0) is 70.4 Å². The summed E-state index contributed by atoms with van der Waals surface area (Å²) in [5, 5.41) is 0. The van der Waals surface area contributed by atoms with Crippen LogP contribution in [-0.4, -0.2) is 20.1 Å². The van der Waals surface area contributed by atoms with Gasteiger partial charge in [-0.2, -0.15) is 0 Å². The molecule has 7 aliphatic rings. The number of benzene rings is 11. The number of hydrogen-bond acceptors (Lipinski definition) is 6. The summed E-state index contributed by atoms with van der Waals surface area (Å²) in [5.41, 5.74) is 43.9. The molecule has 0 amide bonds. The fourth-order valence-electron chi connectivity index (χ4n) is 21.3. The predicted octanol–water partition coefficient (Wildman–Crippen LogP) is 27.4. The molecule has 0 aromatic heterocycles. The van der Waals surface area contributed by atoms with Crippen LogP contribution in [0.2, 0.25) is 0 Å². The first-order valence-electron chi connectivity index (χ1n) is 47.7. The highest BCUT2D eigenvalue weighted by atomic mass is 16.5. The lowest BCUT2D eigenvalue weighted by atomic mass is 9.27. The Labute approximate surface area is 766 Å². The van der Waals surface area contributed by atoms with Crippen LogP contribution >= 0.6 is 0 Å². The van der Waals surface area contributed by atoms with Gasteiger partial charge in [0, 0.05) is 85.1 Å². The molecule has 0 fully saturated rings. The minimum Gasteiger partial charge on any atom is -0.452 e. The molecule has 18 rings (SSSR count). The van der Waals surface area contributed by atoms with Crippen molar-refractivity contribution in [1.82, 2.24) is 0 Å². The maximum Gasteiger partial charge on any atom is 0.252 e. The van der Waals surface area contributed by atoms with Crippen molar-refractivity contribution >= 4 is 155 Å². The van der Waals surface area contributed by atoms with Gasteiger partial charge in [-0.1, -0.05) is 349 Å². The maximum atomic E-state index is 8.29. The van der Waals surface area contributed by atoms with Crippen LogP contribution in [0, 0.1) is 0 Å². The molecule has 0 radical (unpaired) electrons. The number of hydrogen-bond donors (Lipinski definition) is 0. The first-order chi connectivity index (χ1) is 58.2. The number of anilines is 15. The maximum absolute atomic E-state index is 8.29. The van der Waals surface area contributed by atoms with Gasteiger partial charge in [0.05, 0.1) is 11.4 Å². The van der Waals surface area contributed by atoms with Crippen molar-refractivity contribution in [3.63, 3.8) is 0 Å². The smallest absolute Gasteiger partial charge is 0.252 e. The molecule has 11 aromatic carbocycles. The van der Waals surface area contributed by atoms with E-state index < -0.39 is 0 Å². The lowest BCUT2D eigenvalue weighted by molar-refractivity contribution is 0.433. The molecule has 0 spiro atoms. The van der Waals surface area contributed by atoms with E-state index in [1.54, 1.807) is 0 Å². The molecule has 7 heterocycles. The molecule has 0 N–H and O–H groups in total. The molecular weight excluding hydrogens is 1540 g/mol. The third kappa shape index (κ3) is 14.1. The quantitative estimate of drug-likeness (QED) is 0.163. The third-order valence-corrected chi connectivity index (χ3v) is 29.4. The zero-order chi connectivity index (χ0) is 92.4. The van der Waals surface area contributed by atoms with E-state index in [0.717, 1.165) is 22.9 Å². The first-order valence-corrected chi connectivity index (χ1v) is 47.7. The summed E-state index contributed by atoms with van der Waals surface area (Å²) in [7, 11) is 0. The van der Waals surface area contributed by atoms with Crippen molar-refractivity contribution in [2.45, 2.75) is 340 Å². The van der Waals surface area contributed by atoms with E-state index in [0.29, 0.717) is 0 Å². The lowest BCUT2D eigenvalue weighted by Crippen LogP contribution is -2.70. The molecule has 0 bridgehead atoms. The molecule has 6 nitrogen and oxygen atoms in total. The molecule has 656 valence electrons. The molecule has 11 aromatic rings. The summed E-state index contributed by atoms with van der Waals surface area (Å²) >= 11 is 0. The summed E-state index contributed by atoms with van der Waals surface area (Å²) in [4.78, 5) is 14.0. The zero-order valence-corrected chi connectivity index (χ0v) is 85.0. The summed E-state index contributed by atoms with van der Waals surface area (Å²) < 4.78 is 8.29. The Morgan fingerprint density at radius 2 is 0.394 bits per heavy atom. The van der Waals surface area contributed by atoms with Crippen LogP contribution in [0.25, 0.3) is 0 Å². The standard InChI is InChI=1S/C118H144B3N5O/c1-106(2,3)67-40-44-84-90(60-67)123(79-54-71(110(13,14)15)49-72(55-79)111(16,17)18)96-66-97-100-103-99(96)119(84)86-46-42-82(117(34,35)36)104-101(86)126(103)102-87(47-43-83(105(102)127-104)118(37,38)39)121(100)89-64-88-92(65-93(89)125(97)81-58-75(114(25,26)27)51-76(59-81)115(28,29)30)124(80-56-73(112(19,20)21)50-74(57-80)113(22,23)24)95-63-77(116(31,32)33)62-94-98(95)120(88)85-45-41-68(107(4,5)6)61-91(85)122(94)78-52-69(108(7,8)9)48-70(53-78)109(10,11)12/h40-66H,1-39H3. The Morgan fingerprint density at radius 1 is 0.173 bits per heavy atom. The Hall–Kier alpha value is -9.59. The molecule has 0 saturated carbocycles. The van der Waals surface area contributed by atoms with Crippen LogP contribution in [0.5, 0.6) is 11.5 Å². The van der Waals surface area contributed by atoms with Crippen molar-refractivity contribution in [3.05, 3.63) is 236 Å². The average Bonchev–Trinajstić information content (AvgIpc) is 0.652. The van der Waals surface area contributed by atoms with E-state index in [1.807, 2.05) is 0 Å². The SMILES string of the molecule is CC(C)(C)c1cc(N2c3cc(C(C)(C)C)ccc3B3c4cc5c(cc4N(c4cc(C(C)(C)C)cc(C(C)(C)C)c4)c4cc(C(C)(C)C)cc2c43)N(c2cc(C(C)(C)C)cc(C(C)(C)C)c2)c2cc3c4c6c2B5c2ccc(C(C)(C)C)c5c2N6c2c(ccc(C(C)(C)C)c2O5)B4c2ccc(C(C)(C)C)cc2N3c2cc(C(C)(C)C)cc(C(C)(C)C)c2)cc(C(C)(C)C)c1. The van der Waals surface area contributed by atoms with Gasteiger partial charge in [0.25, 0.3) is 20.1 Å². The van der Waals surface area contributed by atoms with Gasteiger partial charge in [0.1, 0.15) is 0 Å². The van der Waals surface area contributed by atoms with Crippen molar-refractivity contribution < 1.29 is 4.74 Å². The second-order valence-corrected chi connectivity index (χ2v) is 52.7. The third-order valence-electron chi connectivity index (χ3n) is 29.4. The molecule has 0 atom stereocenters. The fourth-order valence-corrected chi connectivity index (χ4v) is 21.3. The molecule has 9 heteroatoms. The number of fused-ring (bicyclic) bond motifs is 10. The summed E-state index contributed by atoms with van der Waals surface area (Å²) in [6.45, 7) is 93.1. The Bertz CT molecular complexity index is 6380. The number of ether oxygens (including phenoxy) is 1. The topological polar surface area (TPSA) is 25.4 Å². The van der Waals surface area contributed by atoms with Gasteiger partial charge in [-0.15, -0.1) is 0 Å². The predicted molar refractivity (Wildman–Crippen MR) is 557 cm³/mol. The van der Waals surface area contributed by atoms with Gasteiger partial charge in [-0.25, -0.2) is 0 Å². The second-order valence-electron chi connectivity index (χ2n) is 52.7. The zero-order valence-electron chi connectivity index (χ0n) is 85.0. The van der Waals surface area contributed by atoms with Crippen LogP contribution in [0.15, 0.2) is 164 Å². The van der Waals surface area contributed by atoms with E-state index in [2.05, 4.69) is 458 Å². The fraction of sp³-hybridized carbons (Fsp3) is 0.441. The van der Waals surface area contributed by atoms with E-state index in [4.69, 9.17) is 4.74 Å². The van der Waals surface area contributed by atoms with E-state index in [1.165, 1.54) is 195 Å². The van der Waals surface area contributed by atoms with Gasteiger partial charge in [-0.3, -0.25) is 0 Å². The van der Waals surface area contributed by atoms with E-state index in [-0.39, 0.29) is 90.5 Å². The Balaban J connectivity index is 1.08. The molecule has 0 unspecified atom stereocenters. The molecule has 7 aliphatic heterocycles. The van der Waals surface area contributed by atoms with E-state index >= 15 is 0 Å². The summed E-state index contributed by atoms with van der Waals surface area (Å²) in [6.07, 6.45) is 0. The monoisotopic (exact) mass is 1680 g/mol. The Kier molecular flexibility index (Phi) is 19.1. The van der Waals surface area contributed by atoms with E-state index in [9.17, 15) is 0 Å². The summed E-state index contributed by atoms with van der Waals surface area (Å²) in [6, 6.07) is 69.6. The highest BCUT2D eigenvalue weighted by molar-refractivity contribution is 7.06. The van der Waals surface area contributed by atoms with Crippen molar-refractivity contribution in [1.29, 1.82) is 0 Å². The highest BCUT2D eigenvalue weighted by Gasteiger charge is 2.58. The average molecular weight is 1680 g/mol. The lowest BCUT2D eigenvalue weighted by Gasteiger charge is -2.53. The normalized spacial score (nSPS) is 15.5.